The van der Waals surface area contributed by atoms with Gasteiger partial charge in [-0.2, -0.15) is 0 Å². The fraction of sp³-hybridized carbons (Fsp3) is 0.312. The summed E-state index contributed by atoms with van der Waals surface area (Å²) in [6.07, 6.45) is 3.10. The number of benzene rings is 1. The van der Waals surface area contributed by atoms with Crippen LogP contribution in [-0.4, -0.2) is 34.6 Å². The molecule has 0 unspecified atom stereocenters. The number of hydrogen-bond acceptors (Lipinski definition) is 7. The largest absolute Gasteiger partial charge is 0.469 e. The van der Waals surface area contributed by atoms with E-state index in [2.05, 4.69) is 9.97 Å². The number of carbonyl (C=O) groups excluding carboxylic acids is 1. The van der Waals surface area contributed by atoms with Gasteiger partial charge in [-0.15, -0.1) is 0 Å². The summed E-state index contributed by atoms with van der Waals surface area (Å²) in [5.41, 5.74) is 0.658. The van der Waals surface area contributed by atoms with Gasteiger partial charge in [0, 0.05) is 30.1 Å². The molecule has 0 bridgehead atoms. The zero-order chi connectivity index (χ0) is 17.7. The van der Waals surface area contributed by atoms with Crippen molar-refractivity contribution in [2.75, 3.05) is 13.7 Å². The van der Waals surface area contributed by atoms with E-state index in [9.17, 15) is 14.9 Å². The maximum Gasteiger partial charge on any atom is 0.316 e. The average molecular weight is 331 g/mol. The molecule has 2 aromatic rings. The van der Waals surface area contributed by atoms with Crippen LogP contribution < -0.4 is 4.74 Å². The van der Waals surface area contributed by atoms with Crippen LogP contribution in [0.15, 0.2) is 36.7 Å². The lowest BCUT2D eigenvalue weighted by molar-refractivity contribution is -0.384. The molecule has 0 radical (unpaired) electrons. The number of rotatable bonds is 6. The van der Waals surface area contributed by atoms with Gasteiger partial charge in [0.2, 0.25) is 0 Å². The molecule has 0 N–H and O–H groups in total. The van der Waals surface area contributed by atoms with E-state index in [0.29, 0.717) is 5.56 Å². The van der Waals surface area contributed by atoms with Gasteiger partial charge >= 0.3 is 12.0 Å². The molecule has 0 aliphatic heterocycles. The zero-order valence-electron chi connectivity index (χ0n) is 13.6. The van der Waals surface area contributed by atoms with E-state index in [-0.39, 0.29) is 24.3 Å². The Hall–Kier alpha value is -3.03. The molecule has 0 saturated heterocycles. The van der Waals surface area contributed by atoms with Crippen LogP contribution in [0, 0.1) is 15.5 Å². The number of nitro groups is 1. The van der Waals surface area contributed by atoms with Crippen LogP contribution in [0.25, 0.3) is 11.1 Å². The molecule has 0 saturated carbocycles. The summed E-state index contributed by atoms with van der Waals surface area (Å²) in [5.74, 6) is -0.384. The number of aromatic nitrogens is 2. The van der Waals surface area contributed by atoms with Gasteiger partial charge in [0.05, 0.1) is 17.4 Å². The molecule has 1 aromatic carbocycles. The molecule has 0 amide bonds. The number of carbonyl (C=O) groups is 1. The highest BCUT2D eigenvalue weighted by Crippen LogP contribution is 2.23. The van der Waals surface area contributed by atoms with Gasteiger partial charge in [-0.05, 0) is 31.5 Å². The fourth-order valence-corrected chi connectivity index (χ4v) is 1.90. The van der Waals surface area contributed by atoms with Crippen LogP contribution in [0.2, 0.25) is 0 Å². The maximum atomic E-state index is 11.6. The van der Waals surface area contributed by atoms with Crippen molar-refractivity contribution in [1.29, 1.82) is 0 Å². The Bertz CT molecular complexity index is 726. The quantitative estimate of drug-likeness (QED) is 0.455. The lowest BCUT2D eigenvalue weighted by Gasteiger charge is -2.20. The molecule has 8 heteroatoms. The van der Waals surface area contributed by atoms with E-state index in [0.717, 1.165) is 5.56 Å². The van der Waals surface area contributed by atoms with E-state index < -0.39 is 10.3 Å². The number of hydrogen-bond donors (Lipinski definition) is 0. The lowest BCUT2D eigenvalue weighted by Crippen LogP contribution is -2.32. The monoisotopic (exact) mass is 331 g/mol. The molecule has 0 aliphatic rings. The van der Waals surface area contributed by atoms with Gasteiger partial charge in [0.1, 0.15) is 6.61 Å². The number of esters is 1. The summed E-state index contributed by atoms with van der Waals surface area (Å²) in [6, 6.07) is 6.21. The lowest BCUT2D eigenvalue weighted by atomic mass is 9.95. The normalized spacial score (nSPS) is 11.0. The van der Waals surface area contributed by atoms with Crippen molar-refractivity contribution in [3.63, 3.8) is 0 Å². The maximum absolute atomic E-state index is 11.6. The zero-order valence-corrected chi connectivity index (χ0v) is 13.6. The molecule has 0 atom stereocenters. The van der Waals surface area contributed by atoms with E-state index in [1.807, 2.05) is 0 Å². The van der Waals surface area contributed by atoms with Crippen molar-refractivity contribution in [1.82, 2.24) is 9.97 Å². The average Bonchev–Trinajstić information content (AvgIpc) is 2.59. The number of nitro benzene ring substituents is 1. The van der Waals surface area contributed by atoms with Gasteiger partial charge < -0.3 is 9.47 Å². The van der Waals surface area contributed by atoms with Crippen molar-refractivity contribution >= 4 is 11.7 Å². The Morgan fingerprint density at radius 3 is 2.25 bits per heavy atom. The molecule has 24 heavy (non-hydrogen) atoms. The van der Waals surface area contributed by atoms with Gasteiger partial charge in [-0.3, -0.25) is 14.9 Å². The van der Waals surface area contributed by atoms with E-state index >= 15 is 0 Å². The highest BCUT2D eigenvalue weighted by Gasteiger charge is 2.30. The van der Waals surface area contributed by atoms with E-state index in [1.165, 1.54) is 19.2 Å². The molecule has 0 fully saturated rings. The summed E-state index contributed by atoms with van der Waals surface area (Å²) >= 11 is 0. The van der Waals surface area contributed by atoms with Gasteiger partial charge in [0.15, 0.2) is 0 Å². The summed E-state index contributed by atoms with van der Waals surface area (Å²) in [4.78, 5) is 29.9. The van der Waals surface area contributed by atoms with Crippen LogP contribution >= 0.6 is 0 Å². The third-order valence-corrected chi connectivity index (χ3v) is 3.34. The van der Waals surface area contributed by atoms with E-state index in [1.54, 1.807) is 38.4 Å². The van der Waals surface area contributed by atoms with Crippen molar-refractivity contribution < 1.29 is 19.2 Å². The van der Waals surface area contributed by atoms with Crippen LogP contribution in [0.4, 0.5) is 5.69 Å². The fourth-order valence-electron chi connectivity index (χ4n) is 1.90. The Morgan fingerprint density at radius 1 is 1.17 bits per heavy atom. The number of nitrogens with zero attached hydrogens (tertiary/aromatic N) is 3. The third-order valence-electron chi connectivity index (χ3n) is 3.34. The first kappa shape index (κ1) is 17.3. The third kappa shape index (κ3) is 4.03. The number of ether oxygens (including phenoxy) is 2. The highest BCUT2D eigenvalue weighted by atomic mass is 16.6. The first-order chi connectivity index (χ1) is 11.3. The van der Waals surface area contributed by atoms with Crippen LogP contribution in [-0.2, 0) is 9.53 Å². The summed E-state index contributed by atoms with van der Waals surface area (Å²) < 4.78 is 10.1. The van der Waals surface area contributed by atoms with Crippen LogP contribution in [0.3, 0.4) is 0 Å². The predicted octanol–water partition coefficient (Wildman–Crippen LogP) is 2.63. The van der Waals surface area contributed by atoms with Gasteiger partial charge in [-0.1, -0.05) is 0 Å². The minimum absolute atomic E-state index is 0.0182. The minimum atomic E-state index is -0.810. The Morgan fingerprint density at radius 2 is 1.75 bits per heavy atom. The van der Waals surface area contributed by atoms with Crippen LogP contribution in [0.5, 0.6) is 6.01 Å². The summed E-state index contributed by atoms with van der Waals surface area (Å²) in [5, 5.41) is 10.6. The highest BCUT2D eigenvalue weighted by molar-refractivity contribution is 5.75. The molecule has 1 heterocycles. The minimum Gasteiger partial charge on any atom is -0.469 e. The second kappa shape index (κ2) is 7.03. The topological polar surface area (TPSA) is 104 Å². The van der Waals surface area contributed by atoms with Gasteiger partial charge in [0.25, 0.3) is 5.69 Å². The molecule has 8 nitrogen and oxygen atoms in total. The van der Waals surface area contributed by atoms with Gasteiger partial charge in [-0.25, -0.2) is 9.97 Å². The molecule has 2 rings (SSSR count). The Balaban J connectivity index is 2.05. The Kier molecular flexibility index (Phi) is 5.08. The second-order valence-corrected chi connectivity index (χ2v) is 5.72. The molecule has 126 valence electrons. The second-order valence-electron chi connectivity index (χ2n) is 5.72. The van der Waals surface area contributed by atoms with Crippen molar-refractivity contribution in [3.05, 3.63) is 46.8 Å². The predicted molar refractivity (Wildman–Crippen MR) is 85.4 cm³/mol. The van der Waals surface area contributed by atoms with Crippen molar-refractivity contribution in [2.45, 2.75) is 13.8 Å². The van der Waals surface area contributed by atoms with E-state index in [4.69, 9.17) is 9.47 Å². The SMILES string of the molecule is COC(=O)C(C)(C)COc1ncc(-c2ccc([N+](=O)[O-])cc2)cn1. The number of non-ortho nitro benzene ring substituents is 1. The first-order valence-electron chi connectivity index (χ1n) is 7.11. The standard InChI is InChI=1S/C16H17N3O5/c1-16(2,14(20)23-3)10-24-15-17-8-12(9-18-15)11-4-6-13(7-5-11)19(21)22/h4-9H,10H2,1-3H3. The molecule has 0 aliphatic carbocycles. The Labute approximate surface area is 138 Å². The molecule has 1 aromatic heterocycles. The summed E-state index contributed by atoms with van der Waals surface area (Å²) in [7, 11) is 1.32. The molecular formula is C16H17N3O5. The van der Waals surface area contributed by atoms with Crippen LogP contribution in [0.1, 0.15) is 13.8 Å². The smallest absolute Gasteiger partial charge is 0.316 e. The molecular weight excluding hydrogens is 314 g/mol. The van der Waals surface area contributed by atoms with Crippen molar-refractivity contribution in [2.24, 2.45) is 5.41 Å². The first-order valence-corrected chi connectivity index (χ1v) is 7.11. The summed E-state index contributed by atoms with van der Waals surface area (Å²) in [6.45, 7) is 3.48. The number of methoxy groups -OCH3 is 1. The molecule has 0 spiro atoms. The van der Waals surface area contributed by atoms with Crippen molar-refractivity contribution in [3.8, 4) is 17.1 Å².